The molecule has 22 heavy (non-hydrogen) atoms. The average Bonchev–Trinajstić information content (AvgIpc) is 3.22. The third-order valence-corrected chi connectivity index (χ3v) is 4.55. The number of aryl methyl sites for hydroxylation is 1. The van der Waals surface area contributed by atoms with Crippen LogP contribution in [0.25, 0.3) is 0 Å². The van der Waals surface area contributed by atoms with Gasteiger partial charge in [-0.1, -0.05) is 0 Å². The Morgan fingerprint density at radius 1 is 1.59 bits per heavy atom. The molecule has 2 aromatic rings. The zero-order chi connectivity index (χ0) is 15.5. The number of amides is 1. The molecule has 1 aliphatic heterocycles. The molecular weight excluding hydrogens is 304 g/mol. The molecule has 0 bridgehead atoms. The van der Waals surface area contributed by atoms with Gasteiger partial charge in [-0.25, -0.2) is 0 Å². The van der Waals surface area contributed by atoms with Gasteiger partial charge in [0, 0.05) is 13.1 Å². The highest BCUT2D eigenvalue weighted by atomic mass is 32.1. The minimum Gasteiger partial charge on any atom is -0.495 e. The van der Waals surface area contributed by atoms with Crippen LogP contribution >= 0.6 is 11.3 Å². The molecular formula is C14H18N4O3S. The molecule has 0 aromatic carbocycles. The lowest BCUT2D eigenvalue weighted by Gasteiger charge is -2.32. The number of carbonyl (C=O) groups excluding carboxylic acids is 1. The van der Waals surface area contributed by atoms with Crippen molar-refractivity contribution in [2.45, 2.75) is 19.6 Å². The summed E-state index contributed by atoms with van der Waals surface area (Å²) in [5.41, 5.74) is 0. The molecule has 8 heteroatoms. The van der Waals surface area contributed by atoms with Crippen molar-refractivity contribution in [1.29, 1.82) is 0 Å². The van der Waals surface area contributed by atoms with Gasteiger partial charge < -0.3 is 18.9 Å². The molecule has 7 nitrogen and oxygen atoms in total. The van der Waals surface area contributed by atoms with Gasteiger partial charge in [-0.3, -0.25) is 4.79 Å². The fourth-order valence-electron chi connectivity index (χ4n) is 2.50. The summed E-state index contributed by atoms with van der Waals surface area (Å²) in [6.07, 6.45) is 1.44. The minimum absolute atomic E-state index is 0.0253. The van der Waals surface area contributed by atoms with Gasteiger partial charge in [-0.15, -0.1) is 21.5 Å². The highest BCUT2D eigenvalue weighted by Crippen LogP contribution is 2.28. The van der Waals surface area contributed by atoms with Crippen molar-refractivity contribution < 1.29 is 14.3 Å². The summed E-state index contributed by atoms with van der Waals surface area (Å²) in [4.78, 5) is 15.1. The first-order chi connectivity index (χ1) is 10.7. The van der Waals surface area contributed by atoms with E-state index in [2.05, 4.69) is 10.2 Å². The zero-order valence-electron chi connectivity index (χ0n) is 12.6. The fourth-order valence-corrected chi connectivity index (χ4v) is 3.33. The van der Waals surface area contributed by atoms with Crippen molar-refractivity contribution in [3.05, 3.63) is 28.5 Å². The maximum Gasteiger partial charge on any atom is 0.267 e. The van der Waals surface area contributed by atoms with Gasteiger partial charge in [0.2, 0.25) is 0 Å². The topological polar surface area (TPSA) is 69.5 Å². The Kier molecular flexibility index (Phi) is 4.39. The van der Waals surface area contributed by atoms with Gasteiger partial charge in [0.05, 0.1) is 20.3 Å². The van der Waals surface area contributed by atoms with E-state index in [1.807, 2.05) is 22.9 Å². The van der Waals surface area contributed by atoms with Crippen LogP contribution in [0.15, 0.2) is 17.8 Å². The van der Waals surface area contributed by atoms with Crippen LogP contribution in [0.3, 0.4) is 0 Å². The predicted molar refractivity (Wildman–Crippen MR) is 81.2 cm³/mol. The summed E-state index contributed by atoms with van der Waals surface area (Å²) >= 11 is 1.39. The standard InChI is InChI=1S/C14H18N4O3S/c1-3-17-9-15-16-13(17)11-8-18(5-6-21-11)14(19)12-10(20-2)4-7-22-12/h4,7,9,11H,3,5-6,8H2,1-2H3. The van der Waals surface area contributed by atoms with E-state index in [0.717, 1.165) is 12.4 Å². The van der Waals surface area contributed by atoms with E-state index in [0.29, 0.717) is 30.3 Å². The van der Waals surface area contributed by atoms with E-state index >= 15 is 0 Å². The second kappa shape index (κ2) is 6.45. The van der Waals surface area contributed by atoms with E-state index < -0.39 is 0 Å². The number of hydrogen-bond acceptors (Lipinski definition) is 6. The molecule has 1 aliphatic rings. The molecule has 3 heterocycles. The molecule has 2 aromatic heterocycles. The lowest BCUT2D eigenvalue weighted by molar-refractivity contribution is -0.0283. The van der Waals surface area contributed by atoms with Gasteiger partial charge in [0.15, 0.2) is 5.82 Å². The van der Waals surface area contributed by atoms with Crippen LogP contribution in [-0.2, 0) is 11.3 Å². The van der Waals surface area contributed by atoms with E-state index in [-0.39, 0.29) is 12.0 Å². The molecule has 0 saturated carbocycles. The quantitative estimate of drug-likeness (QED) is 0.855. The Bertz CT molecular complexity index is 654. The summed E-state index contributed by atoms with van der Waals surface area (Å²) in [5, 5.41) is 9.91. The molecule has 0 aliphatic carbocycles. The molecule has 0 spiro atoms. The van der Waals surface area contributed by atoms with Gasteiger partial charge in [-0.2, -0.15) is 0 Å². The van der Waals surface area contributed by atoms with Crippen LogP contribution in [0.5, 0.6) is 5.75 Å². The number of carbonyl (C=O) groups is 1. The van der Waals surface area contributed by atoms with E-state index in [4.69, 9.17) is 9.47 Å². The Balaban J connectivity index is 1.77. The second-order valence-electron chi connectivity index (χ2n) is 4.90. The van der Waals surface area contributed by atoms with Gasteiger partial charge >= 0.3 is 0 Å². The van der Waals surface area contributed by atoms with Gasteiger partial charge in [-0.05, 0) is 18.4 Å². The molecule has 1 unspecified atom stereocenters. The summed E-state index contributed by atoms with van der Waals surface area (Å²) in [7, 11) is 1.57. The number of nitrogens with zero attached hydrogens (tertiary/aromatic N) is 4. The normalized spacial score (nSPS) is 18.5. The highest BCUT2D eigenvalue weighted by Gasteiger charge is 2.30. The first-order valence-electron chi connectivity index (χ1n) is 7.14. The summed E-state index contributed by atoms with van der Waals surface area (Å²) in [5.74, 6) is 1.36. The van der Waals surface area contributed by atoms with Crippen LogP contribution in [0.4, 0.5) is 0 Å². The number of morpholine rings is 1. The van der Waals surface area contributed by atoms with Crippen LogP contribution in [0.1, 0.15) is 28.5 Å². The molecule has 3 rings (SSSR count). The lowest BCUT2D eigenvalue weighted by atomic mass is 10.2. The van der Waals surface area contributed by atoms with Crippen molar-refractivity contribution in [2.75, 3.05) is 26.8 Å². The molecule has 0 N–H and O–H groups in total. The monoisotopic (exact) mass is 322 g/mol. The van der Waals surface area contributed by atoms with Crippen molar-refractivity contribution in [3.8, 4) is 5.75 Å². The predicted octanol–water partition coefficient (Wildman–Crippen LogP) is 1.58. The van der Waals surface area contributed by atoms with Crippen molar-refractivity contribution >= 4 is 17.2 Å². The van der Waals surface area contributed by atoms with E-state index in [9.17, 15) is 4.79 Å². The van der Waals surface area contributed by atoms with Crippen LogP contribution < -0.4 is 4.74 Å². The number of rotatable bonds is 4. The van der Waals surface area contributed by atoms with Crippen molar-refractivity contribution in [1.82, 2.24) is 19.7 Å². The van der Waals surface area contributed by atoms with E-state index in [1.54, 1.807) is 18.3 Å². The second-order valence-corrected chi connectivity index (χ2v) is 5.82. The maximum absolute atomic E-state index is 12.7. The summed E-state index contributed by atoms with van der Waals surface area (Å²) in [6, 6.07) is 1.81. The van der Waals surface area contributed by atoms with E-state index in [1.165, 1.54) is 11.3 Å². The number of thiophene rings is 1. The summed E-state index contributed by atoms with van der Waals surface area (Å²) in [6.45, 7) is 4.32. The third-order valence-electron chi connectivity index (χ3n) is 3.67. The molecule has 1 atom stereocenters. The third kappa shape index (κ3) is 2.71. The minimum atomic E-state index is -0.244. The van der Waals surface area contributed by atoms with Crippen molar-refractivity contribution in [2.24, 2.45) is 0 Å². The van der Waals surface area contributed by atoms with Crippen LogP contribution in [0.2, 0.25) is 0 Å². The molecule has 1 saturated heterocycles. The first-order valence-corrected chi connectivity index (χ1v) is 8.02. The zero-order valence-corrected chi connectivity index (χ0v) is 13.4. The number of ether oxygens (including phenoxy) is 2. The molecule has 0 radical (unpaired) electrons. The van der Waals surface area contributed by atoms with Crippen LogP contribution in [-0.4, -0.2) is 52.4 Å². The highest BCUT2D eigenvalue weighted by molar-refractivity contribution is 7.12. The lowest BCUT2D eigenvalue weighted by Crippen LogP contribution is -2.42. The van der Waals surface area contributed by atoms with Gasteiger partial charge in [0.25, 0.3) is 5.91 Å². The number of methoxy groups -OCH3 is 1. The van der Waals surface area contributed by atoms with Gasteiger partial charge in [0.1, 0.15) is 23.1 Å². The summed E-state index contributed by atoms with van der Waals surface area (Å²) < 4.78 is 12.9. The Hall–Kier alpha value is -1.93. The Morgan fingerprint density at radius 2 is 2.45 bits per heavy atom. The molecule has 1 fully saturated rings. The maximum atomic E-state index is 12.7. The average molecular weight is 322 g/mol. The fraction of sp³-hybridized carbons (Fsp3) is 0.500. The largest absolute Gasteiger partial charge is 0.495 e. The SMILES string of the molecule is CCn1cnnc1C1CN(C(=O)c2sccc2OC)CCO1. The first kappa shape index (κ1) is 15.0. The van der Waals surface area contributed by atoms with Crippen LogP contribution in [0, 0.1) is 0 Å². The molecule has 1 amide bonds. The number of aromatic nitrogens is 3. The Morgan fingerprint density at radius 3 is 3.23 bits per heavy atom. The molecule has 118 valence electrons. The Labute approximate surface area is 132 Å². The van der Waals surface area contributed by atoms with Crippen molar-refractivity contribution in [3.63, 3.8) is 0 Å². The smallest absolute Gasteiger partial charge is 0.267 e. The number of hydrogen-bond donors (Lipinski definition) is 0.